The summed E-state index contributed by atoms with van der Waals surface area (Å²) in [6.07, 6.45) is 1.68. The number of aryl methyl sites for hydroxylation is 2. The molecule has 0 aromatic heterocycles. The lowest BCUT2D eigenvalue weighted by Gasteiger charge is -2.02. The van der Waals surface area contributed by atoms with Crippen molar-refractivity contribution in [1.29, 1.82) is 0 Å². The van der Waals surface area contributed by atoms with E-state index in [2.05, 4.69) is 0 Å². The normalized spacial score (nSPS) is 15.2. The first-order valence-corrected chi connectivity index (χ1v) is 7.22. The number of carbonyl (C=O) groups excluding carboxylic acids is 1. The van der Waals surface area contributed by atoms with Gasteiger partial charge in [0.2, 0.25) is 5.78 Å². The Labute approximate surface area is 132 Å². The van der Waals surface area contributed by atoms with Crippen molar-refractivity contribution in [3.05, 3.63) is 68.4 Å². The zero-order chi connectivity index (χ0) is 15.1. The molecule has 0 radical (unpaired) electrons. The summed E-state index contributed by atoms with van der Waals surface area (Å²) in [6, 6.07) is 8.93. The highest BCUT2D eigenvalue weighted by Crippen LogP contribution is 2.34. The van der Waals surface area contributed by atoms with Crippen LogP contribution in [0.5, 0.6) is 5.75 Å². The summed E-state index contributed by atoms with van der Waals surface area (Å²) in [5, 5.41) is 0.924. The van der Waals surface area contributed by atoms with Gasteiger partial charge in [0, 0.05) is 0 Å². The van der Waals surface area contributed by atoms with Gasteiger partial charge in [-0.1, -0.05) is 29.3 Å². The van der Waals surface area contributed by atoms with Crippen molar-refractivity contribution < 1.29 is 9.53 Å². The monoisotopic (exact) mass is 318 g/mol. The molecule has 2 aromatic carbocycles. The van der Waals surface area contributed by atoms with Gasteiger partial charge in [0.05, 0.1) is 15.6 Å². The van der Waals surface area contributed by atoms with Crippen molar-refractivity contribution in [2.45, 2.75) is 13.8 Å². The molecular weight excluding hydrogens is 307 g/mol. The molecule has 0 atom stereocenters. The van der Waals surface area contributed by atoms with Crippen LogP contribution in [0.1, 0.15) is 27.0 Å². The number of carbonyl (C=O) groups is 1. The van der Waals surface area contributed by atoms with Crippen LogP contribution in [0, 0.1) is 13.8 Å². The Morgan fingerprint density at radius 3 is 2.43 bits per heavy atom. The van der Waals surface area contributed by atoms with Gasteiger partial charge in [0.25, 0.3) is 0 Å². The van der Waals surface area contributed by atoms with Crippen molar-refractivity contribution in [2.24, 2.45) is 0 Å². The van der Waals surface area contributed by atoms with Crippen LogP contribution >= 0.6 is 23.2 Å². The zero-order valence-electron chi connectivity index (χ0n) is 11.5. The van der Waals surface area contributed by atoms with Gasteiger partial charge in [-0.3, -0.25) is 4.79 Å². The van der Waals surface area contributed by atoms with Crippen molar-refractivity contribution in [3.63, 3.8) is 0 Å². The quantitative estimate of drug-likeness (QED) is 0.673. The van der Waals surface area contributed by atoms with Crippen LogP contribution in [0.4, 0.5) is 0 Å². The summed E-state index contributed by atoms with van der Waals surface area (Å²) in [7, 11) is 0. The Hall–Kier alpha value is -1.77. The number of benzene rings is 2. The molecule has 1 aliphatic heterocycles. The van der Waals surface area contributed by atoms with Crippen molar-refractivity contribution in [2.75, 3.05) is 0 Å². The molecule has 0 amide bonds. The molecule has 2 aromatic rings. The lowest BCUT2D eigenvalue weighted by molar-refractivity contribution is 0.101. The highest BCUT2D eigenvalue weighted by molar-refractivity contribution is 6.42. The summed E-state index contributed by atoms with van der Waals surface area (Å²) < 4.78 is 5.66. The second-order valence-corrected chi connectivity index (χ2v) is 5.86. The fraction of sp³-hybridized carbons (Fsp3) is 0.118. The van der Waals surface area contributed by atoms with E-state index in [0.29, 0.717) is 27.1 Å². The molecule has 0 saturated heterocycles. The minimum atomic E-state index is -0.112. The lowest BCUT2D eigenvalue weighted by atomic mass is 10.0. The molecule has 3 rings (SSSR count). The summed E-state index contributed by atoms with van der Waals surface area (Å²) in [5.74, 6) is 0.793. The van der Waals surface area contributed by atoms with E-state index in [0.717, 1.165) is 16.7 Å². The van der Waals surface area contributed by atoms with Crippen molar-refractivity contribution in [1.82, 2.24) is 0 Å². The molecule has 0 saturated carbocycles. The van der Waals surface area contributed by atoms with Gasteiger partial charge in [-0.05, 0) is 60.9 Å². The fourth-order valence-electron chi connectivity index (χ4n) is 2.20. The third-order valence-corrected chi connectivity index (χ3v) is 4.26. The number of hydrogen-bond acceptors (Lipinski definition) is 2. The van der Waals surface area contributed by atoms with Gasteiger partial charge in [0.15, 0.2) is 5.76 Å². The van der Waals surface area contributed by atoms with E-state index < -0.39 is 0 Å². The molecule has 4 heteroatoms. The second-order valence-electron chi connectivity index (χ2n) is 5.05. The summed E-state index contributed by atoms with van der Waals surface area (Å²) >= 11 is 11.9. The first kappa shape index (κ1) is 14.2. The van der Waals surface area contributed by atoms with Gasteiger partial charge in [-0.25, -0.2) is 0 Å². The molecule has 2 nitrogen and oxygen atoms in total. The standard InChI is InChI=1S/C17H12Cl2O2/c1-9-5-12-15(6-10(9)2)21-16(17(12)20)8-11-3-4-13(18)14(19)7-11/h3-8H,1-2H3/b16-8-. The van der Waals surface area contributed by atoms with Gasteiger partial charge in [-0.15, -0.1) is 0 Å². The van der Waals surface area contributed by atoms with Crippen molar-refractivity contribution >= 4 is 35.1 Å². The topological polar surface area (TPSA) is 26.3 Å². The van der Waals surface area contributed by atoms with Crippen LogP contribution in [-0.2, 0) is 0 Å². The molecule has 106 valence electrons. The van der Waals surface area contributed by atoms with E-state index in [-0.39, 0.29) is 5.78 Å². The predicted molar refractivity (Wildman–Crippen MR) is 85.3 cm³/mol. The Morgan fingerprint density at radius 2 is 1.71 bits per heavy atom. The van der Waals surface area contributed by atoms with E-state index in [1.54, 1.807) is 24.3 Å². The van der Waals surface area contributed by atoms with Crippen LogP contribution in [0.3, 0.4) is 0 Å². The van der Waals surface area contributed by atoms with Crippen LogP contribution in [-0.4, -0.2) is 5.78 Å². The van der Waals surface area contributed by atoms with E-state index in [1.807, 2.05) is 26.0 Å². The molecule has 0 spiro atoms. The lowest BCUT2D eigenvalue weighted by Crippen LogP contribution is -1.98. The third kappa shape index (κ3) is 2.57. The first-order valence-electron chi connectivity index (χ1n) is 6.46. The minimum Gasteiger partial charge on any atom is -0.452 e. The zero-order valence-corrected chi connectivity index (χ0v) is 13.0. The number of ketones is 1. The molecular formula is C17H12Cl2O2. The first-order chi connectivity index (χ1) is 9.95. The maximum atomic E-state index is 12.4. The number of hydrogen-bond donors (Lipinski definition) is 0. The largest absolute Gasteiger partial charge is 0.452 e. The molecule has 1 aliphatic rings. The molecule has 0 bridgehead atoms. The van der Waals surface area contributed by atoms with Gasteiger partial charge < -0.3 is 4.74 Å². The minimum absolute atomic E-state index is 0.112. The maximum absolute atomic E-state index is 12.4. The number of Topliss-reactive ketones (excluding diaryl/α,β-unsaturated/α-hetero) is 1. The second kappa shape index (κ2) is 5.21. The number of allylic oxidation sites excluding steroid dienone is 1. The SMILES string of the molecule is Cc1cc2c(cc1C)C(=O)/C(=C/c1ccc(Cl)c(Cl)c1)O2. The Morgan fingerprint density at radius 1 is 1.00 bits per heavy atom. The number of rotatable bonds is 1. The van der Waals surface area contributed by atoms with Crippen LogP contribution in [0.15, 0.2) is 36.1 Å². The molecule has 0 N–H and O–H groups in total. The van der Waals surface area contributed by atoms with E-state index >= 15 is 0 Å². The molecule has 0 fully saturated rings. The number of ether oxygens (including phenoxy) is 1. The van der Waals surface area contributed by atoms with Crippen LogP contribution in [0.2, 0.25) is 10.0 Å². The highest BCUT2D eigenvalue weighted by atomic mass is 35.5. The Bertz CT molecular complexity index is 792. The summed E-state index contributed by atoms with van der Waals surface area (Å²) in [6.45, 7) is 3.97. The maximum Gasteiger partial charge on any atom is 0.231 e. The Balaban J connectivity index is 2.00. The average Bonchev–Trinajstić information content (AvgIpc) is 2.72. The summed E-state index contributed by atoms with van der Waals surface area (Å²) in [5.41, 5.74) is 3.54. The molecule has 1 heterocycles. The van der Waals surface area contributed by atoms with E-state index in [4.69, 9.17) is 27.9 Å². The molecule has 0 aliphatic carbocycles. The highest BCUT2D eigenvalue weighted by Gasteiger charge is 2.27. The third-order valence-electron chi connectivity index (χ3n) is 3.53. The number of halogens is 2. The van der Waals surface area contributed by atoms with Crippen LogP contribution < -0.4 is 4.74 Å². The fourth-order valence-corrected chi connectivity index (χ4v) is 2.50. The molecule has 21 heavy (non-hydrogen) atoms. The van der Waals surface area contributed by atoms with Crippen molar-refractivity contribution in [3.8, 4) is 5.75 Å². The molecule has 0 unspecified atom stereocenters. The summed E-state index contributed by atoms with van der Waals surface area (Å²) in [4.78, 5) is 12.4. The van der Waals surface area contributed by atoms with E-state index in [1.165, 1.54) is 0 Å². The average molecular weight is 319 g/mol. The smallest absolute Gasteiger partial charge is 0.231 e. The van der Waals surface area contributed by atoms with Gasteiger partial charge in [0.1, 0.15) is 5.75 Å². The predicted octanol–water partition coefficient (Wildman–Crippen LogP) is 5.23. The number of fused-ring (bicyclic) bond motifs is 1. The van der Waals surface area contributed by atoms with Crippen LogP contribution in [0.25, 0.3) is 6.08 Å². The van der Waals surface area contributed by atoms with E-state index in [9.17, 15) is 4.79 Å². The van der Waals surface area contributed by atoms with Gasteiger partial charge >= 0.3 is 0 Å². The Kier molecular flexibility index (Phi) is 3.52. The van der Waals surface area contributed by atoms with Gasteiger partial charge in [-0.2, -0.15) is 0 Å².